The number of ether oxygens (including phenoxy) is 1. The maximum absolute atomic E-state index is 12.0. The van der Waals surface area contributed by atoms with E-state index in [4.69, 9.17) is 16.3 Å². The minimum absolute atomic E-state index is 0.0962. The fourth-order valence-electron chi connectivity index (χ4n) is 1.79. The Kier molecular flexibility index (Phi) is 3.84. The molecule has 1 aliphatic heterocycles. The van der Waals surface area contributed by atoms with E-state index in [-0.39, 0.29) is 17.4 Å². The van der Waals surface area contributed by atoms with Crippen molar-refractivity contribution in [2.45, 2.75) is 11.4 Å². The third-order valence-corrected chi connectivity index (χ3v) is 5.92. The van der Waals surface area contributed by atoms with Gasteiger partial charge in [-0.15, -0.1) is 22.9 Å². The molecule has 2 heterocycles. The zero-order valence-corrected chi connectivity index (χ0v) is 11.9. The van der Waals surface area contributed by atoms with Crippen molar-refractivity contribution < 1.29 is 17.9 Å². The summed E-state index contributed by atoms with van der Waals surface area (Å²) in [7, 11) is -1.67. The molecule has 100 valence electrons. The number of hydrogen-bond donors (Lipinski definition) is 1. The molecule has 1 fully saturated rings. The lowest BCUT2D eigenvalue weighted by Gasteiger charge is -2.14. The summed E-state index contributed by atoms with van der Waals surface area (Å²) in [5.41, 5.74) is 0. The fourth-order valence-corrected chi connectivity index (χ4v) is 5.11. The zero-order valence-electron chi connectivity index (χ0n) is 9.55. The van der Waals surface area contributed by atoms with Crippen molar-refractivity contribution in [1.82, 2.24) is 5.32 Å². The Hall–Kier alpha value is -0.790. The first-order valence-corrected chi connectivity index (χ1v) is 8.33. The van der Waals surface area contributed by atoms with Crippen molar-refractivity contribution in [3.63, 3.8) is 0 Å². The van der Waals surface area contributed by atoms with Gasteiger partial charge in [0.15, 0.2) is 9.84 Å². The van der Waals surface area contributed by atoms with Crippen LogP contribution in [0.1, 0.15) is 9.67 Å². The van der Waals surface area contributed by atoms with Crippen LogP contribution in [-0.2, 0) is 9.84 Å². The van der Waals surface area contributed by atoms with E-state index < -0.39 is 21.3 Å². The monoisotopic (exact) mass is 309 g/mol. The average Bonchev–Trinajstić information content (AvgIpc) is 2.83. The molecule has 0 bridgehead atoms. The number of rotatable bonds is 3. The maximum atomic E-state index is 12.0. The van der Waals surface area contributed by atoms with Gasteiger partial charge in [0.1, 0.15) is 10.6 Å². The van der Waals surface area contributed by atoms with Crippen LogP contribution in [0.2, 0.25) is 0 Å². The van der Waals surface area contributed by atoms with E-state index in [1.807, 2.05) is 0 Å². The Balaban J connectivity index is 2.09. The minimum atomic E-state index is -3.15. The number of methoxy groups -OCH3 is 1. The number of hydrogen-bond acceptors (Lipinski definition) is 5. The van der Waals surface area contributed by atoms with Gasteiger partial charge in [-0.3, -0.25) is 4.79 Å². The van der Waals surface area contributed by atoms with E-state index in [2.05, 4.69) is 5.32 Å². The Bertz CT molecular complexity index is 554. The second-order valence-electron chi connectivity index (χ2n) is 3.99. The van der Waals surface area contributed by atoms with Crippen molar-refractivity contribution in [3.8, 4) is 5.75 Å². The number of halogens is 1. The quantitative estimate of drug-likeness (QED) is 0.842. The van der Waals surface area contributed by atoms with Crippen molar-refractivity contribution in [2.24, 2.45) is 0 Å². The summed E-state index contributed by atoms with van der Waals surface area (Å²) in [6, 6.07) is 1.14. The van der Waals surface area contributed by atoms with Gasteiger partial charge in [0.05, 0.1) is 30.0 Å². The number of amides is 1. The van der Waals surface area contributed by atoms with E-state index >= 15 is 0 Å². The molecule has 1 saturated heterocycles. The number of sulfone groups is 1. The first kappa shape index (κ1) is 13.6. The fraction of sp³-hybridized carbons (Fsp3) is 0.500. The maximum Gasteiger partial charge on any atom is 0.265 e. The highest BCUT2D eigenvalue weighted by Gasteiger charge is 2.37. The number of thiophene rings is 1. The topological polar surface area (TPSA) is 72.5 Å². The predicted molar refractivity (Wildman–Crippen MR) is 70.4 cm³/mol. The van der Waals surface area contributed by atoms with E-state index in [9.17, 15) is 13.2 Å². The molecular formula is C10H12ClNO4S2. The van der Waals surface area contributed by atoms with E-state index in [0.29, 0.717) is 10.6 Å². The van der Waals surface area contributed by atoms with Crippen LogP contribution < -0.4 is 10.1 Å². The Morgan fingerprint density at radius 2 is 2.28 bits per heavy atom. The molecule has 18 heavy (non-hydrogen) atoms. The predicted octanol–water partition coefficient (Wildman–Crippen LogP) is 0.891. The second-order valence-corrected chi connectivity index (χ2v) is 7.62. The van der Waals surface area contributed by atoms with Gasteiger partial charge in [0.2, 0.25) is 0 Å². The molecule has 0 aromatic carbocycles. The Labute approximate surface area is 114 Å². The first-order valence-electron chi connectivity index (χ1n) is 5.20. The average molecular weight is 310 g/mol. The summed E-state index contributed by atoms with van der Waals surface area (Å²) >= 11 is 7.16. The van der Waals surface area contributed by atoms with Crippen molar-refractivity contribution in [3.05, 3.63) is 16.3 Å². The van der Waals surface area contributed by atoms with Gasteiger partial charge in [-0.1, -0.05) is 0 Å². The van der Waals surface area contributed by atoms with Crippen molar-refractivity contribution >= 4 is 38.7 Å². The van der Waals surface area contributed by atoms with Crippen molar-refractivity contribution in [2.75, 3.05) is 18.6 Å². The van der Waals surface area contributed by atoms with Gasteiger partial charge < -0.3 is 10.1 Å². The Morgan fingerprint density at radius 1 is 1.56 bits per heavy atom. The normalized spacial score (nSPS) is 25.9. The highest BCUT2D eigenvalue weighted by molar-refractivity contribution is 7.91. The number of alkyl halides is 1. The molecule has 2 unspecified atom stereocenters. The summed E-state index contributed by atoms with van der Waals surface area (Å²) in [5, 5.41) is 3.80. The molecule has 1 aromatic rings. The van der Waals surface area contributed by atoms with Crippen LogP contribution >= 0.6 is 22.9 Å². The molecule has 1 aliphatic rings. The summed E-state index contributed by atoms with van der Waals surface area (Å²) < 4.78 is 27.8. The lowest BCUT2D eigenvalue weighted by atomic mass is 10.2. The van der Waals surface area contributed by atoms with Crippen LogP contribution in [0.4, 0.5) is 0 Å². The molecule has 0 spiro atoms. The molecule has 1 amide bonds. The molecule has 0 saturated carbocycles. The molecule has 2 rings (SSSR count). The van der Waals surface area contributed by atoms with Crippen LogP contribution in [0.5, 0.6) is 5.75 Å². The van der Waals surface area contributed by atoms with Gasteiger partial charge in [0.25, 0.3) is 5.91 Å². The number of carbonyl (C=O) groups is 1. The van der Waals surface area contributed by atoms with Crippen LogP contribution in [-0.4, -0.2) is 44.4 Å². The standard InChI is InChI=1S/C10H12ClNO4S2/c1-16-8-2-3-17-9(8)10(13)12-7-5-18(14,15)4-6(7)11/h2-3,6-7H,4-5H2,1H3,(H,12,13). The molecule has 0 aliphatic carbocycles. The van der Waals surface area contributed by atoms with Gasteiger partial charge >= 0.3 is 0 Å². The molecule has 1 N–H and O–H groups in total. The van der Waals surface area contributed by atoms with Crippen LogP contribution in [0, 0.1) is 0 Å². The van der Waals surface area contributed by atoms with E-state index in [0.717, 1.165) is 0 Å². The third kappa shape index (κ3) is 2.78. The number of carbonyl (C=O) groups excluding carboxylic acids is 1. The lowest BCUT2D eigenvalue weighted by Crippen LogP contribution is -2.40. The summed E-state index contributed by atoms with van der Waals surface area (Å²) in [5.74, 6) is -0.0825. The third-order valence-electron chi connectivity index (χ3n) is 2.65. The summed E-state index contributed by atoms with van der Waals surface area (Å²) in [4.78, 5) is 12.4. The number of nitrogens with one attached hydrogen (secondary N) is 1. The zero-order chi connectivity index (χ0) is 13.3. The van der Waals surface area contributed by atoms with Gasteiger partial charge in [-0.05, 0) is 11.4 Å². The molecule has 2 atom stereocenters. The van der Waals surface area contributed by atoms with Crippen LogP contribution in [0.15, 0.2) is 11.4 Å². The van der Waals surface area contributed by atoms with Crippen LogP contribution in [0.25, 0.3) is 0 Å². The SMILES string of the molecule is COc1ccsc1C(=O)NC1CS(=O)(=O)CC1Cl. The molecule has 0 radical (unpaired) electrons. The molecule has 8 heteroatoms. The lowest BCUT2D eigenvalue weighted by molar-refractivity contribution is 0.0943. The molecule has 1 aromatic heterocycles. The van der Waals surface area contributed by atoms with Crippen LogP contribution in [0.3, 0.4) is 0 Å². The van der Waals surface area contributed by atoms with Gasteiger partial charge in [-0.2, -0.15) is 0 Å². The molecular weight excluding hydrogens is 298 g/mol. The van der Waals surface area contributed by atoms with Gasteiger partial charge in [0, 0.05) is 0 Å². The van der Waals surface area contributed by atoms with Gasteiger partial charge in [-0.25, -0.2) is 8.42 Å². The smallest absolute Gasteiger partial charge is 0.265 e. The molecule has 5 nitrogen and oxygen atoms in total. The first-order chi connectivity index (χ1) is 8.43. The van der Waals surface area contributed by atoms with E-state index in [1.165, 1.54) is 18.4 Å². The largest absolute Gasteiger partial charge is 0.495 e. The highest BCUT2D eigenvalue weighted by atomic mass is 35.5. The minimum Gasteiger partial charge on any atom is -0.495 e. The van der Waals surface area contributed by atoms with Crippen molar-refractivity contribution in [1.29, 1.82) is 0 Å². The summed E-state index contributed by atoms with van der Waals surface area (Å²) in [6.45, 7) is 0. The van der Waals surface area contributed by atoms with E-state index in [1.54, 1.807) is 11.4 Å². The summed E-state index contributed by atoms with van der Waals surface area (Å²) in [6.07, 6.45) is 0. The Morgan fingerprint density at radius 3 is 2.83 bits per heavy atom. The second kappa shape index (κ2) is 5.07. The highest BCUT2D eigenvalue weighted by Crippen LogP contribution is 2.25.